The van der Waals surface area contributed by atoms with Crippen molar-refractivity contribution >= 4 is 49.7 Å². The van der Waals surface area contributed by atoms with Crippen LogP contribution in [0, 0.1) is 11.7 Å². The average Bonchev–Trinajstić information content (AvgIpc) is 3.35. The van der Waals surface area contributed by atoms with Gasteiger partial charge in [-0.25, -0.2) is 12.8 Å². The molecule has 0 saturated carbocycles. The molecule has 1 atom stereocenters. The van der Waals surface area contributed by atoms with Crippen LogP contribution in [0.25, 0.3) is 27.7 Å². The first-order valence-corrected chi connectivity index (χ1v) is 13.4. The summed E-state index contributed by atoms with van der Waals surface area (Å²) in [6.07, 6.45) is 2.60. The van der Waals surface area contributed by atoms with E-state index in [1.165, 1.54) is 12.1 Å². The minimum atomic E-state index is -3.05. The summed E-state index contributed by atoms with van der Waals surface area (Å²) in [6.45, 7) is 0. The van der Waals surface area contributed by atoms with Gasteiger partial charge in [0.2, 0.25) is 0 Å². The zero-order chi connectivity index (χ0) is 24.0. The first kappa shape index (κ1) is 23.1. The smallest absolute Gasteiger partial charge is 0.163 e. The number of hydrogen-bond donors (Lipinski definition) is 0. The van der Waals surface area contributed by atoms with Crippen LogP contribution in [-0.4, -0.2) is 30.3 Å². The van der Waals surface area contributed by atoms with Crippen molar-refractivity contribution in [2.75, 3.05) is 11.5 Å². The highest BCUT2D eigenvalue weighted by molar-refractivity contribution is 7.91. The Hall–Kier alpha value is -2.67. The van der Waals surface area contributed by atoms with Crippen molar-refractivity contribution in [3.05, 3.63) is 88.3 Å². The summed E-state index contributed by atoms with van der Waals surface area (Å²) < 4.78 is 39.0. The monoisotopic (exact) mass is 515 g/mol. The second kappa shape index (κ2) is 8.84. The van der Waals surface area contributed by atoms with Gasteiger partial charge in [-0.15, -0.1) is 0 Å². The molecule has 0 bridgehead atoms. The highest BCUT2D eigenvalue weighted by Gasteiger charge is 2.29. The molecule has 2 heterocycles. The predicted molar refractivity (Wildman–Crippen MR) is 134 cm³/mol. The number of aromatic nitrogens is 1. The summed E-state index contributed by atoms with van der Waals surface area (Å²) in [6, 6.07) is 16.9. The van der Waals surface area contributed by atoms with Crippen LogP contribution in [-0.2, 0) is 9.84 Å². The predicted octanol–water partition coefficient (Wildman–Crippen LogP) is 6.75. The molecule has 4 nitrogen and oxygen atoms in total. The van der Waals surface area contributed by atoms with Gasteiger partial charge in [-0.05, 0) is 48.7 Å². The third kappa shape index (κ3) is 4.38. The van der Waals surface area contributed by atoms with Gasteiger partial charge in [0.1, 0.15) is 5.82 Å². The molecule has 34 heavy (non-hydrogen) atoms. The Morgan fingerprint density at radius 2 is 1.79 bits per heavy atom. The number of benzene rings is 3. The zero-order valence-corrected chi connectivity index (χ0v) is 20.3. The Kier molecular flexibility index (Phi) is 6.00. The summed E-state index contributed by atoms with van der Waals surface area (Å²) in [5, 5.41) is 1.71. The molecule has 1 saturated heterocycles. The van der Waals surface area contributed by atoms with Crippen molar-refractivity contribution < 1.29 is 17.6 Å². The van der Waals surface area contributed by atoms with Gasteiger partial charge in [-0.3, -0.25) is 4.79 Å². The number of hydrogen-bond acceptors (Lipinski definition) is 3. The highest BCUT2D eigenvalue weighted by Crippen LogP contribution is 2.39. The first-order valence-electron chi connectivity index (χ1n) is 10.8. The van der Waals surface area contributed by atoms with E-state index in [9.17, 15) is 17.6 Å². The Morgan fingerprint density at radius 1 is 1.03 bits per heavy atom. The number of halogens is 3. The number of ketones is 1. The molecule has 8 heteroatoms. The lowest BCUT2D eigenvalue weighted by molar-refractivity contribution is 0.0966. The van der Waals surface area contributed by atoms with E-state index in [4.69, 9.17) is 23.2 Å². The van der Waals surface area contributed by atoms with Crippen LogP contribution in [0.15, 0.2) is 66.9 Å². The fourth-order valence-corrected chi connectivity index (χ4v) is 6.82. The van der Waals surface area contributed by atoms with Crippen LogP contribution >= 0.6 is 23.2 Å². The Balaban J connectivity index is 1.62. The van der Waals surface area contributed by atoms with E-state index in [0.717, 1.165) is 27.7 Å². The van der Waals surface area contributed by atoms with Crippen LogP contribution in [0.5, 0.6) is 0 Å². The van der Waals surface area contributed by atoms with Crippen LogP contribution < -0.4 is 0 Å². The zero-order valence-electron chi connectivity index (χ0n) is 18.0. The van der Waals surface area contributed by atoms with Crippen LogP contribution in [0.4, 0.5) is 4.39 Å². The highest BCUT2D eigenvalue weighted by atomic mass is 35.5. The Labute approximate surface area is 206 Å². The molecular formula is C26H20Cl2FNO3S. The van der Waals surface area contributed by atoms with Gasteiger partial charge in [0.25, 0.3) is 0 Å². The second-order valence-electron chi connectivity index (χ2n) is 8.62. The topological polar surface area (TPSA) is 56.1 Å². The van der Waals surface area contributed by atoms with Crippen molar-refractivity contribution in [1.29, 1.82) is 0 Å². The lowest BCUT2D eigenvalue weighted by Crippen LogP contribution is -2.10. The van der Waals surface area contributed by atoms with Crippen molar-refractivity contribution in [1.82, 2.24) is 4.57 Å². The first-order chi connectivity index (χ1) is 16.2. The van der Waals surface area contributed by atoms with Crippen molar-refractivity contribution in [3.63, 3.8) is 0 Å². The van der Waals surface area contributed by atoms with E-state index >= 15 is 0 Å². The second-order valence-corrected chi connectivity index (χ2v) is 11.6. The quantitative estimate of drug-likeness (QED) is 0.276. The van der Waals surface area contributed by atoms with Crippen LogP contribution in [0.1, 0.15) is 23.2 Å². The van der Waals surface area contributed by atoms with E-state index in [0.29, 0.717) is 22.0 Å². The SMILES string of the molecule is O=C(CC1CCS(=O)(=O)C1)c1ccc2c(-c3cccc(Cl)c3Cl)cn(-c3ccc(F)cc3)c2c1. The number of carbonyl (C=O) groups excluding carboxylic acids is 1. The van der Waals surface area contributed by atoms with Crippen LogP contribution in [0.3, 0.4) is 0 Å². The van der Waals surface area contributed by atoms with Gasteiger partial charge >= 0.3 is 0 Å². The molecule has 1 aliphatic heterocycles. The summed E-state index contributed by atoms with van der Waals surface area (Å²) in [5.41, 5.74) is 3.55. The van der Waals surface area contributed by atoms with E-state index in [1.54, 1.807) is 30.3 Å². The number of nitrogens with zero attached hydrogens (tertiary/aromatic N) is 1. The molecule has 0 aliphatic carbocycles. The van der Waals surface area contributed by atoms with Crippen molar-refractivity contribution in [2.24, 2.45) is 5.92 Å². The maximum Gasteiger partial charge on any atom is 0.163 e. The average molecular weight is 516 g/mol. The molecule has 174 valence electrons. The third-order valence-electron chi connectivity index (χ3n) is 6.27. The molecule has 0 amide bonds. The van der Waals surface area contributed by atoms with Crippen LogP contribution in [0.2, 0.25) is 10.0 Å². The van der Waals surface area contributed by atoms with Crippen molar-refractivity contribution in [3.8, 4) is 16.8 Å². The molecule has 1 aromatic heterocycles. The number of Topliss-reactive ketones (excluding diaryl/α,β-unsaturated/α-hetero) is 1. The molecule has 1 aliphatic rings. The summed E-state index contributed by atoms with van der Waals surface area (Å²) >= 11 is 12.8. The molecule has 4 aromatic rings. The molecule has 1 fully saturated rings. The Bertz CT molecular complexity index is 1530. The lowest BCUT2D eigenvalue weighted by atomic mass is 9.96. The minimum absolute atomic E-state index is 0.0599. The molecule has 5 rings (SSSR count). The number of sulfone groups is 1. The maximum atomic E-state index is 13.6. The normalized spacial score (nSPS) is 17.3. The molecule has 0 spiro atoms. The van der Waals surface area contributed by atoms with E-state index in [1.807, 2.05) is 29.0 Å². The summed E-state index contributed by atoms with van der Waals surface area (Å²) in [7, 11) is -3.05. The lowest BCUT2D eigenvalue weighted by Gasteiger charge is -2.09. The van der Waals surface area contributed by atoms with Gasteiger partial charge in [0, 0.05) is 40.4 Å². The maximum absolute atomic E-state index is 13.6. The molecule has 3 aromatic carbocycles. The Morgan fingerprint density at radius 3 is 2.50 bits per heavy atom. The summed E-state index contributed by atoms with van der Waals surface area (Å²) in [5.74, 6) is -0.400. The summed E-state index contributed by atoms with van der Waals surface area (Å²) in [4.78, 5) is 13.0. The van der Waals surface area contributed by atoms with Gasteiger partial charge < -0.3 is 4.57 Å². The fraction of sp³-hybridized carbons (Fsp3) is 0.192. The largest absolute Gasteiger partial charge is 0.316 e. The van der Waals surface area contributed by atoms with E-state index in [2.05, 4.69) is 0 Å². The standard InChI is InChI=1S/C26H20Cl2FNO3S/c27-23-3-1-2-21(26(23)28)22-14-30(19-7-5-18(29)6-8-19)24-13-17(4-9-20(22)24)25(31)12-16-10-11-34(32,33)15-16/h1-9,13-14,16H,10-12,15H2. The fourth-order valence-electron chi connectivity index (χ4n) is 4.56. The number of rotatable bonds is 5. The molecule has 1 unspecified atom stereocenters. The van der Waals surface area contributed by atoms with Gasteiger partial charge in [0.05, 0.1) is 27.1 Å². The molecular weight excluding hydrogens is 496 g/mol. The van der Waals surface area contributed by atoms with E-state index in [-0.39, 0.29) is 35.4 Å². The van der Waals surface area contributed by atoms with E-state index < -0.39 is 9.84 Å². The molecule has 0 radical (unpaired) electrons. The van der Waals surface area contributed by atoms with Gasteiger partial charge in [0.15, 0.2) is 15.6 Å². The van der Waals surface area contributed by atoms with Crippen molar-refractivity contribution in [2.45, 2.75) is 12.8 Å². The number of fused-ring (bicyclic) bond motifs is 1. The number of carbonyl (C=O) groups is 1. The molecule has 0 N–H and O–H groups in total. The van der Waals surface area contributed by atoms with Gasteiger partial charge in [-0.2, -0.15) is 0 Å². The van der Waals surface area contributed by atoms with Gasteiger partial charge in [-0.1, -0.05) is 47.5 Å². The third-order valence-corrected chi connectivity index (χ3v) is 8.93. The minimum Gasteiger partial charge on any atom is -0.316 e.